The predicted molar refractivity (Wildman–Crippen MR) is 83.3 cm³/mol. The Morgan fingerprint density at radius 2 is 1.55 bits per heavy atom. The molecule has 0 heterocycles. The average molecular weight is 269 g/mol. The normalized spacial score (nSPS) is 13.9. The number of nitrogens with one attached hydrogen (secondary N) is 1. The molecular formula is C18H23NO. The molecule has 0 radical (unpaired) electrons. The van der Waals surface area contributed by atoms with Crippen LogP contribution in [0.2, 0.25) is 0 Å². The second kappa shape index (κ2) is 7.83. The average Bonchev–Trinajstić information content (AvgIpc) is 2.53. The van der Waals surface area contributed by atoms with E-state index in [0.717, 1.165) is 6.42 Å². The smallest absolute Gasteiger partial charge is 0.0933 e. The first-order valence-electron chi connectivity index (χ1n) is 7.27. The zero-order valence-electron chi connectivity index (χ0n) is 12.3. The highest BCUT2D eigenvalue weighted by Gasteiger charge is 2.16. The highest BCUT2D eigenvalue weighted by atomic mass is 16.6. The standard InChI is InChI=1S/C18H23NO/c1-3-18(15(2)17-12-8-5-9-13-17)19-20-14-16-10-6-4-7-11-16/h4-13,15,18-19H,3,14H2,1-2H3. The summed E-state index contributed by atoms with van der Waals surface area (Å²) < 4.78 is 0. The van der Waals surface area contributed by atoms with Crippen LogP contribution in [0.5, 0.6) is 0 Å². The van der Waals surface area contributed by atoms with Crippen LogP contribution in [0, 0.1) is 0 Å². The maximum absolute atomic E-state index is 5.67. The van der Waals surface area contributed by atoms with E-state index in [0.29, 0.717) is 18.6 Å². The second-order valence-electron chi connectivity index (χ2n) is 5.11. The van der Waals surface area contributed by atoms with Crippen molar-refractivity contribution >= 4 is 0 Å². The van der Waals surface area contributed by atoms with Crippen molar-refractivity contribution < 1.29 is 4.84 Å². The molecule has 0 bridgehead atoms. The summed E-state index contributed by atoms with van der Waals surface area (Å²) in [6.45, 7) is 5.02. The van der Waals surface area contributed by atoms with Gasteiger partial charge < -0.3 is 0 Å². The maximum atomic E-state index is 5.67. The van der Waals surface area contributed by atoms with Gasteiger partial charge in [-0.2, -0.15) is 5.48 Å². The lowest BCUT2D eigenvalue weighted by molar-refractivity contribution is -0.00244. The van der Waals surface area contributed by atoms with E-state index in [9.17, 15) is 0 Å². The molecule has 1 N–H and O–H groups in total. The first-order chi connectivity index (χ1) is 9.81. The Hall–Kier alpha value is -1.64. The van der Waals surface area contributed by atoms with Crippen molar-refractivity contribution in [2.75, 3.05) is 0 Å². The minimum Gasteiger partial charge on any atom is -0.297 e. The molecule has 20 heavy (non-hydrogen) atoms. The maximum Gasteiger partial charge on any atom is 0.0933 e. The third-order valence-corrected chi connectivity index (χ3v) is 3.69. The molecule has 2 rings (SSSR count). The van der Waals surface area contributed by atoms with Crippen LogP contribution in [0.25, 0.3) is 0 Å². The summed E-state index contributed by atoms with van der Waals surface area (Å²) in [5.41, 5.74) is 5.74. The number of hydroxylamine groups is 1. The van der Waals surface area contributed by atoms with E-state index in [1.54, 1.807) is 0 Å². The fourth-order valence-corrected chi connectivity index (χ4v) is 2.33. The molecule has 2 heteroatoms. The Morgan fingerprint density at radius 3 is 2.15 bits per heavy atom. The van der Waals surface area contributed by atoms with Crippen LogP contribution in [0.4, 0.5) is 0 Å². The topological polar surface area (TPSA) is 21.3 Å². The fraction of sp³-hybridized carbons (Fsp3) is 0.333. The van der Waals surface area contributed by atoms with Crippen LogP contribution in [0.3, 0.4) is 0 Å². The van der Waals surface area contributed by atoms with Gasteiger partial charge in [-0.05, 0) is 23.5 Å². The Balaban J connectivity index is 1.86. The van der Waals surface area contributed by atoms with Gasteiger partial charge in [0.2, 0.25) is 0 Å². The van der Waals surface area contributed by atoms with Crippen molar-refractivity contribution in [1.82, 2.24) is 5.48 Å². The van der Waals surface area contributed by atoms with Gasteiger partial charge in [-0.15, -0.1) is 0 Å². The summed E-state index contributed by atoms with van der Waals surface area (Å²) in [5, 5.41) is 0. The first-order valence-corrected chi connectivity index (χ1v) is 7.27. The Kier molecular flexibility index (Phi) is 5.78. The summed E-state index contributed by atoms with van der Waals surface area (Å²) in [5.74, 6) is 0.428. The molecule has 0 fully saturated rings. The van der Waals surface area contributed by atoms with Crippen molar-refractivity contribution in [3.8, 4) is 0 Å². The highest BCUT2D eigenvalue weighted by molar-refractivity contribution is 5.20. The van der Waals surface area contributed by atoms with Crippen LogP contribution in [-0.2, 0) is 11.4 Å². The highest BCUT2D eigenvalue weighted by Crippen LogP contribution is 2.20. The summed E-state index contributed by atoms with van der Waals surface area (Å²) >= 11 is 0. The molecule has 0 aromatic heterocycles. The van der Waals surface area contributed by atoms with Gasteiger partial charge >= 0.3 is 0 Å². The zero-order chi connectivity index (χ0) is 14.2. The molecule has 2 aromatic carbocycles. The van der Waals surface area contributed by atoms with Gasteiger partial charge in [-0.25, -0.2) is 0 Å². The van der Waals surface area contributed by atoms with E-state index in [4.69, 9.17) is 4.84 Å². The molecule has 0 spiro atoms. The number of benzene rings is 2. The molecule has 2 unspecified atom stereocenters. The van der Waals surface area contributed by atoms with E-state index in [1.165, 1.54) is 11.1 Å². The summed E-state index contributed by atoms with van der Waals surface area (Å²) in [7, 11) is 0. The van der Waals surface area contributed by atoms with Crippen molar-refractivity contribution in [2.24, 2.45) is 0 Å². The first kappa shape index (κ1) is 14.8. The Labute approximate surface area is 121 Å². The summed E-state index contributed by atoms with van der Waals surface area (Å²) in [6, 6.07) is 21.1. The van der Waals surface area contributed by atoms with E-state index in [1.807, 2.05) is 18.2 Å². The molecule has 2 aromatic rings. The molecule has 0 aliphatic rings. The lowest BCUT2D eigenvalue weighted by atomic mass is 9.92. The lowest BCUT2D eigenvalue weighted by Crippen LogP contribution is -2.33. The van der Waals surface area contributed by atoms with Crippen molar-refractivity contribution in [2.45, 2.75) is 38.8 Å². The van der Waals surface area contributed by atoms with Gasteiger partial charge in [0.15, 0.2) is 0 Å². The van der Waals surface area contributed by atoms with Crippen LogP contribution in [0.15, 0.2) is 60.7 Å². The van der Waals surface area contributed by atoms with Crippen LogP contribution in [0.1, 0.15) is 37.3 Å². The van der Waals surface area contributed by atoms with Gasteiger partial charge in [-0.1, -0.05) is 74.5 Å². The third kappa shape index (κ3) is 4.19. The van der Waals surface area contributed by atoms with Gasteiger partial charge in [0.25, 0.3) is 0 Å². The van der Waals surface area contributed by atoms with Crippen LogP contribution >= 0.6 is 0 Å². The Bertz CT molecular complexity index is 483. The monoisotopic (exact) mass is 269 g/mol. The second-order valence-corrected chi connectivity index (χ2v) is 5.11. The molecule has 106 valence electrons. The van der Waals surface area contributed by atoms with Crippen molar-refractivity contribution in [1.29, 1.82) is 0 Å². The lowest BCUT2D eigenvalue weighted by Gasteiger charge is -2.24. The van der Waals surface area contributed by atoms with E-state index >= 15 is 0 Å². The SMILES string of the molecule is CCC(NOCc1ccccc1)C(C)c1ccccc1. The van der Waals surface area contributed by atoms with E-state index in [2.05, 4.69) is 61.8 Å². The van der Waals surface area contributed by atoms with Gasteiger partial charge in [0.05, 0.1) is 6.61 Å². The van der Waals surface area contributed by atoms with Crippen molar-refractivity contribution in [3.63, 3.8) is 0 Å². The van der Waals surface area contributed by atoms with Gasteiger partial charge in [0.1, 0.15) is 0 Å². The Morgan fingerprint density at radius 1 is 0.950 bits per heavy atom. The summed E-state index contributed by atoms with van der Waals surface area (Å²) in [4.78, 5) is 5.67. The molecule has 0 aliphatic heterocycles. The van der Waals surface area contributed by atoms with E-state index in [-0.39, 0.29) is 0 Å². The zero-order valence-corrected chi connectivity index (χ0v) is 12.3. The van der Waals surface area contributed by atoms with Crippen molar-refractivity contribution in [3.05, 3.63) is 71.8 Å². The van der Waals surface area contributed by atoms with Crippen LogP contribution < -0.4 is 5.48 Å². The molecule has 2 atom stereocenters. The van der Waals surface area contributed by atoms with E-state index < -0.39 is 0 Å². The number of rotatable bonds is 7. The molecule has 0 aliphatic carbocycles. The fourth-order valence-electron chi connectivity index (χ4n) is 2.33. The molecule has 0 amide bonds. The quantitative estimate of drug-likeness (QED) is 0.757. The minimum absolute atomic E-state index is 0.320. The molecule has 0 saturated heterocycles. The van der Waals surface area contributed by atoms with Gasteiger partial charge in [-0.3, -0.25) is 4.84 Å². The molecule has 2 nitrogen and oxygen atoms in total. The molecule has 0 saturated carbocycles. The molecular weight excluding hydrogens is 246 g/mol. The van der Waals surface area contributed by atoms with Crippen LogP contribution in [-0.4, -0.2) is 6.04 Å². The van der Waals surface area contributed by atoms with Gasteiger partial charge in [0, 0.05) is 6.04 Å². The minimum atomic E-state index is 0.320. The largest absolute Gasteiger partial charge is 0.297 e. The predicted octanol–water partition coefficient (Wildman–Crippen LogP) is 4.29. The summed E-state index contributed by atoms with van der Waals surface area (Å²) in [6.07, 6.45) is 1.03. The third-order valence-electron chi connectivity index (χ3n) is 3.69. The number of hydrogen-bond donors (Lipinski definition) is 1. The number of hydrogen-bond acceptors (Lipinski definition) is 2.